The monoisotopic (exact) mass is 271 g/mol. The molecule has 0 radical (unpaired) electrons. The summed E-state index contributed by atoms with van der Waals surface area (Å²) in [5.41, 5.74) is 0.199. The van der Waals surface area contributed by atoms with E-state index >= 15 is 0 Å². The number of phenols is 1. The number of aromatic hydroxyl groups is 1. The average Bonchev–Trinajstić information content (AvgIpc) is 2.47. The van der Waals surface area contributed by atoms with E-state index in [0.717, 1.165) is 17.1 Å². The van der Waals surface area contributed by atoms with E-state index in [9.17, 15) is 10.4 Å². The topological polar surface area (TPSA) is 62.5 Å². The molecule has 0 unspecified atom stereocenters. The van der Waals surface area contributed by atoms with E-state index in [4.69, 9.17) is 9.47 Å². The molecule has 20 heavy (non-hydrogen) atoms. The molecule has 1 aliphatic rings. The molecule has 0 heterocycles. The fourth-order valence-electron chi connectivity index (χ4n) is 2.45. The van der Waals surface area contributed by atoms with E-state index < -0.39 is 5.41 Å². The minimum Gasteiger partial charge on any atom is -0.508 e. The molecule has 0 saturated carbocycles. The maximum absolute atomic E-state index is 9.69. The van der Waals surface area contributed by atoms with E-state index in [-0.39, 0.29) is 12.2 Å². The zero-order chi connectivity index (χ0) is 14.6. The maximum Gasteiger partial charge on any atom is 0.115 e. The van der Waals surface area contributed by atoms with Gasteiger partial charge in [0.2, 0.25) is 0 Å². The second-order valence-electron chi connectivity index (χ2n) is 4.73. The van der Waals surface area contributed by atoms with Crippen LogP contribution in [0.5, 0.6) is 5.75 Å². The van der Waals surface area contributed by atoms with Gasteiger partial charge in [0.05, 0.1) is 38.5 Å². The molecule has 0 aliphatic heterocycles. The zero-order valence-electron chi connectivity index (χ0n) is 11.6. The molecule has 104 valence electrons. The number of methoxy groups -OCH3 is 2. The Labute approximate surface area is 118 Å². The van der Waals surface area contributed by atoms with Crippen LogP contribution in [-0.2, 0) is 14.9 Å². The molecule has 4 heteroatoms. The van der Waals surface area contributed by atoms with Crippen LogP contribution in [0, 0.1) is 11.3 Å². The standard InChI is InChI=1S/C16H17NO3/c1-19-14-9-15(20-2)11-16(10-14,6-7-17)12-4-3-5-13(18)8-12/h3-5,8,10-11,18H,6,9H2,1-2H3. The van der Waals surface area contributed by atoms with Crippen LogP contribution in [0.25, 0.3) is 0 Å². The van der Waals surface area contributed by atoms with Crippen molar-refractivity contribution >= 4 is 0 Å². The van der Waals surface area contributed by atoms with Crippen molar-refractivity contribution in [2.24, 2.45) is 0 Å². The zero-order valence-corrected chi connectivity index (χ0v) is 11.6. The van der Waals surface area contributed by atoms with Crippen molar-refractivity contribution in [1.82, 2.24) is 0 Å². The highest BCUT2D eigenvalue weighted by Gasteiger charge is 2.33. The first-order chi connectivity index (χ1) is 9.63. The second-order valence-corrected chi connectivity index (χ2v) is 4.73. The second kappa shape index (κ2) is 5.70. The van der Waals surface area contributed by atoms with Crippen LogP contribution in [-0.4, -0.2) is 19.3 Å². The quantitative estimate of drug-likeness (QED) is 0.914. The Hall–Kier alpha value is -2.41. The van der Waals surface area contributed by atoms with E-state index in [1.54, 1.807) is 32.4 Å². The van der Waals surface area contributed by atoms with E-state index in [0.29, 0.717) is 6.42 Å². The highest BCUT2D eigenvalue weighted by Crippen LogP contribution is 2.39. The lowest BCUT2D eigenvalue weighted by Crippen LogP contribution is -2.25. The Morgan fingerprint density at radius 2 is 1.90 bits per heavy atom. The smallest absolute Gasteiger partial charge is 0.115 e. The first kappa shape index (κ1) is 14.0. The maximum atomic E-state index is 9.69. The Bertz CT molecular complexity index is 576. The first-order valence-corrected chi connectivity index (χ1v) is 6.31. The van der Waals surface area contributed by atoms with Crippen molar-refractivity contribution < 1.29 is 14.6 Å². The number of ether oxygens (including phenoxy) is 2. The summed E-state index contributed by atoms with van der Waals surface area (Å²) in [4.78, 5) is 0. The lowest BCUT2D eigenvalue weighted by atomic mass is 9.74. The van der Waals surface area contributed by atoms with Crippen molar-refractivity contribution in [2.75, 3.05) is 14.2 Å². The number of nitrogens with zero attached hydrogens (tertiary/aromatic N) is 1. The van der Waals surface area contributed by atoms with Crippen molar-refractivity contribution in [1.29, 1.82) is 5.26 Å². The van der Waals surface area contributed by atoms with Crippen LogP contribution >= 0.6 is 0 Å². The lowest BCUT2D eigenvalue weighted by molar-refractivity contribution is 0.226. The van der Waals surface area contributed by atoms with Crippen molar-refractivity contribution in [3.05, 3.63) is 53.5 Å². The molecule has 0 saturated heterocycles. The van der Waals surface area contributed by atoms with Crippen LogP contribution in [0.4, 0.5) is 0 Å². The Morgan fingerprint density at radius 3 is 2.40 bits per heavy atom. The number of phenolic OH excluding ortho intramolecular Hbond substituents is 1. The van der Waals surface area contributed by atoms with Gasteiger partial charge in [0, 0.05) is 0 Å². The van der Waals surface area contributed by atoms with Crippen LogP contribution in [0.3, 0.4) is 0 Å². The van der Waals surface area contributed by atoms with Crippen LogP contribution in [0.1, 0.15) is 18.4 Å². The Balaban J connectivity index is 2.58. The summed E-state index contributed by atoms with van der Waals surface area (Å²) in [6, 6.07) is 9.12. The fraction of sp³-hybridized carbons (Fsp3) is 0.312. The number of nitriles is 1. The third-order valence-corrected chi connectivity index (χ3v) is 3.47. The molecule has 0 atom stereocenters. The predicted octanol–water partition coefficient (Wildman–Crippen LogP) is 3.01. The summed E-state index contributed by atoms with van der Waals surface area (Å²) in [5.74, 6) is 1.68. The molecular weight excluding hydrogens is 254 g/mol. The van der Waals surface area contributed by atoms with Crippen molar-refractivity contribution in [3.63, 3.8) is 0 Å². The molecule has 0 fully saturated rings. The molecule has 0 aromatic heterocycles. The Morgan fingerprint density at radius 1 is 1.25 bits per heavy atom. The van der Waals surface area contributed by atoms with Gasteiger partial charge in [-0.3, -0.25) is 0 Å². The molecule has 2 rings (SSSR count). The molecule has 0 bridgehead atoms. The normalized spacial score (nSPS) is 16.6. The summed E-state index contributed by atoms with van der Waals surface area (Å²) in [5, 5.41) is 18.9. The molecule has 1 aliphatic carbocycles. The summed E-state index contributed by atoms with van der Waals surface area (Å²) >= 11 is 0. The summed E-state index contributed by atoms with van der Waals surface area (Å²) in [6.07, 6.45) is 4.66. The molecule has 0 amide bonds. The van der Waals surface area contributed by atoms with Crippen LogP contribution in [0.2, 0.25) is 0 Å². The van der Waals surface area contributed by atoms with E-state index in [1.165, 1.54) is 0 Å². The summed E-state index contributed by atoms with van der Waals surface area (Å²) in [6.45, 7) is 0. The van der Waals surface area contributed by atoms with Gasteiger partial charge in [-0.15, -0.1) is 0 Å². The minimum atomic E-state index is -0.636. The van der Waals surface area contributed by atoms with Gasteiger partial charge in [0.1, 0.15) is 17.3 Å². The molecule has 0 spiro atoms. The Kier molecular flexibility index (Phi) is 3.99. The predicted molar refractivity (Wildman–Crippen MR) is 74.8 cm³/mol. The van der Waals surface area contributed by atoms with Gasteiger partial charge in [-0.25, -0.2) is 0 Å². The number of hydrogen-bond acceptors (Lipinski definition) is 4. The van der Waals surface area contributed by atoms with Gasteiger partial charge in [-0.05, 0) is 29.8 Å². The summed E-state index contributed by atoms with van der Waals surface area (Å²) < 4.78 is 10.7. The highest BCUT2D eigenvalue weighted by molar-refractivity contribution is 5.45. The largest absolute Gasteiger partial charge is 0.508 e. The van der Waals surface area contributed by atoms with Crippen LogP contribution < -0.4 is 0 Å². The number of rotatable bonds is 4. The van der Waals surface area contributed by atoms with Gasteiger partial charge in [0.25, 0.3) is 0 Å². The molecule has 1 aromatic carbocycles. The number of hydrogen-bond donors (Lipinski definition) is 1. The van der Waals surface area contributed by atoms with Gasteiger partial charge >= 0.3 is 0 Å². The van der Waals surface area contributed by atoms with Gasteiger partial charge in [-0.1, -0.05) is 12.1 Å². The molecule has 1 aromatic rings. The van der Waals surface area contributed by atoms with Gasteiger partial charge in [-0.2, -0.15) is 5.26 Å². The van der Waals surface area contributed by atoms with Crippen LogP contribution in [0.15, 0.2) is 47.9 Å². The van der Waals surface area contributed by atoms with Gasteiger partial charge < -0.3 is 14.6 Å². The average molecular weight is 271 g/mol. The first-order valence-electron chi connectivity index (χ1n) is 6.31. The minimum absolute atomic E-state index is 0.171. The van der Waals surface area contributed by atoms with Crippen molar-refractivity contribution in [3.8, 4) is 11.8 Å². The SMILES string of the molecule is COC1=CC(CC#N)(c2cccc(O)c2)C=C(OC)C1. The molecular formula is C16H17NO3. The number of allylic oxidation sites excluding steroid dienone is 2. The lowest BCUT2D eigenvalue weighted by Gasteiger charge is -2.31. The molecule has 4 nitrogen and oxygen atoms in total. The molecule has 1 N–H and O–H groups in total. The highest BCUT2D eigenvalue weighted by atomic mass is 16.5. The van der Waals surface area contributed by atoms with E-state index in [2.05, 4.69) is 6.07 Å². The fourth-order valence-corrected chi connectivity index (χ4v) is 2.45. The number of benzene rings is 1. The third kappa shape index (κ3) is 2.62. The van der Waals surface area contributed by atoms with E-state index in [1.807, 2.05) is 18.2 Å². The summed E-state index contributed by atoms with van der Waals surface area (Å²) in [7, 11) is 3.20. The van der Waals surface area contributed by atoms with Crippen molar-refractivity contribution in [2.45, 2.75) is 18.3 Å². The van der Waals surface area contributed by atoms with Gasteiger partial charge in [0.15, 0.2) is 0 Å². The third-order valence-electron chi connectivity index (χ3n) is 3.47.